The van der Waals surface area contributed by atoms with E-state index in [2.05, 4.69) is 0 Å². The molecule has 0 aliphatic heterocycles. The second-order valence-corrected chi connectivity index (χ2v) is 4.50. The van der Waals surface area contributed by atoms with E-state index in [4.69, 9.17) is 9.84 Å². The van der Waals surface area contributed by atoms with Crippen molar-refractivity contribution in [2.45, 2.75) is 32.5 Å². The smallest absolute Gasteiger partial charge is 0.337 e. The van der Waals surface area contributed by atoms with Crippen molar-refractivity contribution in [3.05, 3.63) is 35.6 Å². The molecule has 88 valence electrons. The average molecular weight is 226 g/mol. The predicted octanol–water partition coefficient (Wildman–Crippen LogP) is 2.77. The molecule has 0 amide bonds. The number of ether oxygens (including phenoxy) is 1. The van der Waals surface area contributed by atoms with Gasteiger partial charge in [-0.05, 0) is 38.5 Å². The van der Waals surface area contributed by atoms with Gasteiger partial charge in [-0.3, -0.25) is 0 Å². The maximum Gasteiger partial charge on any atom is 0.337 e. The van der Waals surface area contributed by atoms with E-state index in [-0.39, 0.29) is 0 Å². The molecular formula is C12H15FO3. The zero-order chi connectivity index (χ0) is 12.3. The van der Waals surface area contributed by atoms with Gasteiger partial charge < -0.3 is 9.84 Å². The molecular weight excluding hydrogens is 211 g/mol. The van der Waals surface area contributed by atoms with Crippen LogP contribution in [0.15, 0.2) is 24.3 Å². The summed E-state index contributed by atoms with van der Waals surface area (Å²) in [4.78, 5) is 11.0. The number of carboxylic acids is 1. The van der Waals surface area contributed by atoms with Gasteiger partial charge in [0, 0.05) is 0 Å². The number of aliphatic carboxylic acids is 1. The van der Waals surface area contributed by atoms with Gasteiger partial charge in [-0.15, -0.1) is 0 Å². The molecule has 3 nitrogen and oxygen atoms in total. The Balaban J connectivity index is 2.94. The first kappa shape index (κ1) is 12.6. The molecule has 0 aromatic heterocycles. The van der Waals surface area contributed by atoms with Gasteiger partial charge in [-0.25, -0.2) is 9.18 Å². The lowest BCUT2D eigenvalue weighted by Crippen LogP contribution is -2.27. The van der Waals surface area contributed by atoms with Crippen LogP contribution in [-0.2, 0) is 9.53 Å². The van der Waals surface area contributed by atoms with Crippen LogP contribution in [0.1, 0.15) is 32.4 Å². The summed E-state index contributed by atoms with van der Waals surface area (Å²) in [6, 6.07) is 5.27. The molecule has 4 heteroatoms. The Hall–Kier alpha value is -1.42. The molecule has 0 aliphatic carbocycles. The third-order valence-electron chi connectivity index (χ3n) is 1.87. The molecule has 1 aromatic rings. The molecule has 1 atom stereocenters. The summed E-state index contributed by atoms with van der Waals surface area (Å²) in [5.41, 5.74) is -0.138. The molecule has 0 saturated heterocycles. The van der Waals surface area contributed by atoms with E-state index < -0.39 is 23.5 Å². The molecule has 0 saturated carbocycles. The number of rotatable bonds is 3. The zero-order valence-corrected chi connectivity index (χ0v) is 9.53. The highest BCUT2D eigenvalue weighted by Gasteiger charge is 2.26. The highest BCUT2D eigenvalue weighted by atomic mass is 19.1. The van der Waals surface area contributed by atoms with Crippen molar-refractivity contribution >= 4 is 5.97 Å². The van der Waals surface area contributed by atoms with Gasteiger partial charge in [-0.1, -0.05) is 12.1 Å². The number of benzene rings is 1. The van der Waals surface area contributed by atoms with Gasteiger partial charge in [0.1, 0.15) is 5.82 Å². The first-order valence-electron chi connectivity index (χ1n) is 4.96. The summed E-state index contributed by atoms with van der Waals surface area (Å²) in [6.45, 7) is 5.31. The van der Waals surface area contributed by atoms with Crippen LogP contribution in [-0.4, -0.2) is 16.7 Å². The van der Waals surface area contributed by atoms with Gasteiger partial charge in [-0.2, -0.15) is 0 Å². The fourth-order valence-corrected chi connectivity index (χ4v) is 1.25. The second-order valence-electron chi connectivity index (χ2n) is 4.50. The van der Waals surface area contributed by atoms with Gasteiger partial charge in [0.05, 0.1) is 5.60 Å². The third kappa shape index (κ3) is 3.62. The number of carboxylic acid groups (broad SMARTS) is 1. The van der Waals surface area contributed by atoms with Crippen molar-refractivity contribution in [1.29, 1.82) is 0 Å². The topological polar surface area (TPSA) is 46.5 Å². The summed E-state index contributed by atoms with van der Waals surface area (Å²) in [5, 5.41) is 9.04. The molecule has 1 N–H and O–H groups in total. The first-order chi connectivity index (χ1) is 7.29. The summed E-state index contributed by atoms with van der Waals surface area (Å²) in [5.74, 6) is -1.48. The maximum absolute atomic E-state index is 12.7. The highest BCUT2D eigenvalue weighted by molar-refractivity contribution is 5.74. The molecule has 1 rings (SSSR count). The molecule has 0 heterocycles. The van der Waals surface area contributed by atoms with Gasteiger partial charge in [0.25, 0.3) is 0 Å². The van der Waals surface area contributed by atoms with Crippen LogP contribution in [0.4, 0.5) is 4.39 Å². The van der Waals surface area contributed by atoms with Crippen molar-refractivity contribution < 1.29 is 19.0 Å². The van der Waals surface area contributed by atoms with Gasteiger partial charge >= 0.3 is 5.97 Å². The minimum absolute atomic E-state index is 0.399. The Morgan fingerprint density at radius 1 is 1.31 bits per heavy atom. The molecule has 0 aliphatic rings. The quantitative estimate of drug-likeness (QED) is 0.862. The standard InChI is InChI=1S/C12H15FO3/c1-12(2,3)16-10(11(14)15)8-4-6-9(13)7-5-8/h4-7,10H,1-3H3,(H,14,15). The SMILES string of the molecule is CC(C)(C)OC(C(=O)O)c1ccc(F)cc1. The first-order valence-corrected chi connectivity index (χ1v) is 4.96. The van der Waals surface area contributed by atoms with Crippen molar-refractivity contribution in [3.63, 3.8) is 0 Å². The van der Waals surface area contributed by atoms with E-state index in [0.29, 0.717) is 5.56 Å². The molecule has 0 bridgehead atoms. The lowest BCUT2D eigenvalue weighted by Gasteiger charge is -2.25. The van der Waals surface area contributed by atoms with Crippen LogP contribution in [0.5, 0.6) is 0 Å². The summed E-state index contributed by atoms with van der Waals surface area (Å²) in [7, 11) is 0. The van der Waals surface area contributed by atoms with Crippen LogP contribution < -0.4 is 0 Å². The van der Waals surface area contributed by atoms with E-state index in [1.54, 1.807) is 20.8 Å². The Labute approximate surface area is 93.9 Å². The Morgan fingerprint density at radius 2 is 1.81 bits per heavy atom. The maximum atomic E-state index is 12.7. The Morgan fingerprint density at radius 3 is 2.19 bits per heavy atom. The number of carbonyl (C=O) groups is 1. The van der Waals surface area contributed by atoms with Crippen molar-refractivity contribution in [2.24, 2.45) is 0 Å². The van der Waals surface area contributed by atoms with Crippen LogP contribution >= 0.6 is 0 Å². The van der Waals surface area contributed by atoms with Gasteiger partial charge in [0.15, 0.2) is 6.10 Å². The number of hydrogen-bond donors (Lipinski definition) is 1. The molecule has 1 unspecified atom stereocenters. The number of halogens is 1. The molecule has 1 aromatic carbocycles. The van der Waals surface area contributed by atoms with E-state index in [9.17, 15) is 9.18 Å². The average Bonchev–Trinajstić information content (AvgIpc) is 2.14. The van der Waals surface area contributed by atoms with E-state index in [1.807, 2.05) is 0 Å². The zero-order valence-electron chi connectivity index (χ0n) is 9.53. The van der Waals surface area contributed by atoms with E-state index in [1.165, 1.54) is 24.3 Å². The van der Waals surface area contributed by atoms with Crippen LogP contribution in [0, 0.1) is 5.82 Å². The normalized spacial score (nSPS) is 13.5. The summed E-state index contributed by atoms with van der Waals surface area (Å²) < 4.78 is 18.1. The van der Waals surface area contributed by atoms with E-state index in [0.717, 1.165) is 0 Å². The van der Waals surface area contributed by atoms with E-state index >= 15 is 0 Å². The largest absolute Gasteiger partial charge is 0.479 e. The van der Waals surface area contributed by atoms with Crippen molar-refractivity contribution in [3.8, 4) is 0 Å². The Kier molecular flexibility index (Phi) is 3.65. The molecule has 16 heavy (non-hydrogen) atoms. The fraction of sp³-hybridized carbons (Fsp3) is 0.417. The lowest BCUT2D eigenvalue weighted by molar-refractivity contribution is -0.160. The Bertz CT molecular complexity index is 365. The van der Waals surface area contributed by atoms with Crippen LogP contribution in [0.3, 0.4) is 0 Å². The minimum atomic E-state index is -1.08. The summed E-state index contributed by atoms with van der Waals surface area (Å²) >= 11 is 0. The predicted molar refractivity (Wildman–Crippen MR) is 57.6 cm³/mol. The highest BCUT2D eigenvalue weighted by Crippen LogP contribution is 2.24. The van der Waals surface area contributed by atoms with Crippen molar-refractivity contribution in [2.75, 3.05) is 0 Å². The molecule has 0 spiro atoms. The minimum Gasteiger partial charge on any atom is -0.479 e. The van der Waals surface area contributed by atoms with Crippen LogP contribution in [0.25, 0.3) is 0 Å². The van der Waals surface area contributed by atoms with Crippen LogP contribution in [0.2, 0.25) is 0 Å². The number of hydrogen-bond acceptors (Lipinski definition) is 2. The third-order valence-corrected chi connectivity index (χ3v) is 1.87. The molecule has 0 fully saturated rings. The van der Waals surface area contributed by atoms with Crippen molar-refractivity contribution in [1.82, 2.24) is 0 Å². The monoisotopic (exact) mass is 226 g/mol. The fourth-order valence-electron chi connectivity index (χ4n) is 1.25. The summed E-state index contributed by atoms with van der Waals surface area (Å²) in [6.07, 6.45) is -1.07. The lowest BCUT2D eigenvalue weighted by atomic mass is 10.1. The second kappa shape index (κ2) is 4.61. The van der Waals surface area contributed by atoms with Gasteiger partial charge in [0.2, 0.25) is 0 Å². The molecule has 0 radical (unpaired) electrons.